The first-order valence-electron chi connectivity index (χ1n) is 7.53. The third-order valence-electron chi connectivity index (χ3n) is 3.37. The van der Waals surface area contributed by atoms with Gasteiger partial charge in [0.2, 0.25) is 5.91 Å². The van der Waals surface area contributed by atoms with Gasteiger partial charge in [0, 0.05) is 30.4 Å². The Hall–Kier alpha value is -2.89. The number of nitrogens with one attached hydrogen (secondary N) is 1. The number of aryl methyl sites for hydroxylation is 1. The van der Waals surface area contributed by atoms with Crippen molar-refractivity contribution < 1.29 is 14.4 Å². The van der Waals surface area contributed by atoms with Crippen molar-refractivity contribution in [3.05, 3.63) is 53.3 Å². The highest BCUT2D eigenvalue weighted by molar-refractivity contribution is 5.99. The fourth-order valence-electron chi connectivity index (χ4n) is 2.09. The number of oxime groups is 1. The zero-order valence-corrected chi connectivity index (χ0v) is 14.3. The highest BCUT2D eigenvalue weighted by atomic mass is 16.6. The number of aromatic nitrogens is 1. The Morgan fingerprint density at radius 1 is 1.25 bits per heavy atom. The molecule has 2 aromatic rings. The molecule has 0 unspecified atom stereocenters. The largest absolute Gasteiger partial charge is 0.496 e. The van der Waals surface area contributed by atoms with Gasteiger partial charge in [0.25, 0.3) is 0 Å². The molecule has 0 fully saturated rings. The van der Waals surface area contributed by atoms with E-state index in [9.17, 15) is 4.79 Å². The molecule has 1 aromatic heterocycles. The first-order chi connectivity index (χ1) is 11.5. The van der Waals surface area contributed by atoms with Crippen molar-refractivity contribution in [3.63, 3.8) is 0 Å². The third kappa shape index (κ3) is 4.81. The van der Waals surface area contributed by atoms with Gasteiger partial charge in [-0.3, -0.25) is 9.78 Å². The molecule has 0 radical (unpaired) electrons. The van der Waals surface area contributed by atoms with E-state index in [-0.39, 0.29) is 12.5 Å². The summed E-state index contributed by atoms with van der Waals surface area (Å²) in [5.74, 6) is 0.676. The van der Waals surface area contributed by atoms with Gasteiger partial charge in [-0.25, -0.2) is 0 Å². The van der Waals surface area contributed by atoms with E-state index in [0.717, 1.165) is 34.0 Å². The van der Waals surface area contributed by atoms with Crippen LogP contribution in [-0.4, -0.2) is 23.7 Å². The van der Waals surface area contributed by atoms with E-state index in [1.54, 1.807) is 13.3 Å². The molecule has 126 valence electrons. The first-order valence-corrected chi connectivity index (χ1v) is 7.53. The van der Waals surface area contributed by atoms with Gasteiger partial charge < -0.3 is 14.9 Å². The van der Waals surface area contributed by atoms with Gasteiger partial charge in [0.05, 0.1) is 18.5 Å². The summed E-state index contributed by atoms with van der Waals surface area (Å²) in [6.07, 6.45) is 1.74. The Morgan fingerprint density at radius 2 is 1.96 bits per heavy atom. The molecule has 0 bridgehead atoms. The lowest BCUT2D eigenvalue weighted by Gasteiger charge is -2.07. The Morgan fingerprint density at radius 3 is 2.58 bits per heavy atom. The molecule has 0 saturated heterocycles. The van der Waals surface area contributed by atoms with Crippen LogP contribution >= 0.6 is 0 Å². The molecule has 0 aliphatic carbocycles. The second kappa shape index (κ2) is 8.10. The topological polar surface area (TPSA) is 72.8 Å². The predicted molar refractivity (Wildman–Crippen MR) is 93.3 cm³/mol. The van der Waals surface area contributed by atoms with E-state index in [4.69, 9.17) is 9.57 Å². The lowest BCUT2D eigenvalue weighted by Crippen LogP contribution is -2.06. The number of pyridine rings is 1. The second-order valence-corrected chi connectivity index (χ2v) is 5.35. The molecule has 1 heterocycles. The summed E-state index contributed by atoms with van der Waals surface area (Å²) in [6, 6.07) is 9.23. The lowest BCUT2D eigenvalue weighted by molar-refractivity contribution is -0.114. The van der Waals surface area contributed by atoms with Crippen molar-refractivity contribution in [1.29, 1.82) is 0 Å². The minimum atomic E-state index is -0.0995. The monoisotopic (exact) mass is 327 g/mol. The van der Waals surface area contributed by atoms with Crippen LogP contribution in [-0.2, 0) is 16.2 Å². The Kier molecular flexibility index (Phi) is 5.89. The van der Waals surface area contributed by atoms with Gasteiger partial charge in [-0.05, 0) is 31.5 Å². The van der Waals surface area contributed by atoms with Crippen LogP contribution in [0.5, 0.6) is 5.75 Å². The maximum Gasteiger partial charge on any atom is 0.221 e. The summed E-state index contributed by atoms with van der Waals surface area (Å²) in [6.45, 7) is 5.53. The Labute approximate surface area is 141 Å². The van der Waals surface area contributed by atoms with E-state index in [1.807, 2.05) is 44.2 Å². The van der Waals surface area contributed by atoms with Gasteiger partial charge in [-0.1, -0.05) is 17.3 Å². The molecule has 1 N–H and O–H groups in total. The van der Waals surface area contributed by atoms with Crippen LogP contribution in [0.4, 0.5) is 5.69 Å². The summed E-state index contributed by atoms with van der Waals surface area (Å²) in [4.78, 5) is 20.7. The van der Waals surface area contributed by atoms with Gasteiger partial charge in [-0.15, -0.1) is 0 Å². The second-order valence-electron chi connectivity index (χ2n) is 5.35. The molecule has 1 aromatic carbocycles. The van der Waals surface area contributed by atoms with Crippen LogP contribution in [0.2, 0.25) is 0 Å². The summed E-state index contributed by atoms with van der Waals surface area (Å²) >= 11 is 0. The van der Waals surface area contributed by atoms with E-state index in [0.29, 0.717) is 0 Å². The molecule has 0 aliphatic heterocycles. The third-order valence-corrected chi connectivity index (χ3v) is 3.37. The maximum absolute atomic E-state index is 11.0. The molecule has 0 aliphatic rings. The maximum atomic E-state index is 11.0. The fourth-order valence-corrected chi connectivity index (χ4v) is 2.09. The van der Waals surface area contributed by atoms with Crippen molar-refractivity contribution in [1.82, 2.24) is 4.98 Å². The zero-order valence-electron chi connectivity index (χ0n) is 14.3. The molecule has 24 heavy (non-hydrogen) atoms. The van der Waals surface area contributed by atoms with Gasteiger partial charge >= 0.3 is 0 Å². The van der Waals surface area contributed by atoms with Gasteiger partial charge in [0.15, 0.2) is 6.61 Å². The van der Waals surface area contributed by atoms with Crippen LogP contribution in [0.15, 0.2) is 41.7 Å². The minimum absolute atomic E-state index is 0.0995. The number of methoxy groups -OCH3 is 1. The number of ether oxygens (including phenoxy) is 1. The van der Waals surface area contributed by atoms with Crippen molar-refractivity contribution in [2.24, 2.45) is 5.16 Å². The van der Waals surface area contributed by atoms with E-state index < -0.39 is 0 Å². The van der Waals surface area contributed by atoms with Crippen molar-refractivity contribution in [2.45, 2.75) is 27.4 Å². The molecule has 0 atom stereocenters. The van der Waals surface area contributed by atoms with Crippen molar-refractivity contribution in [3.8, 4) is 5.75 Å². The summed E-state index contributed by atoms with van der Waals surface area (Å²) in [5, 5.41) is 6.83. The molecule has 0 saturated carbocycles. The number of hydrogen-bond donors (Lipinski definition) is 1. The van der Waals surface area contributed by atoms with E-state index in [2.05, 4.69) is 15.5 Å². The highest BCUT2D eigenvalue weighted by Crippen LogP contribution is 2.17. The van der Waals surface area contributed by atoms with Crippen LogP contribution in [0, 0.1) is 6.92 Å². The Bertz CT molecular complexity index is 740. The number of amides is 1. The SMILES string of the molecule is COc1cc(CON=C(C)c2ccc(NC(C)=O)cc2)ncc1C. The van der Waals surface area contributed by atoms with E-state index in [1.165, 1.54) is 6.92 Å². The quantitative estimate of drug-likeness (QED) is 0.652. The average molecular weight is 327 g/mol. The number of carbonyl (C=O) groups excluding carboxylic acids is 1. The Balaban J connectivity index is 1.97. The number of anilines is 1. The summed E-state index contributed by atoms with van der Waals surface area (Å²) < 4.78 is 5.26. The van der Waals surface area contributed by atoms with Crippen LogP contribution in [0.3, 0.4) is 0 Å². The van der Waals surface area contributed by atoms with E-state index >= 15 is 0 Å². The molecule has 1 amide bonds. The van der Waals surface area contributed by atoms with Gasteiger partial charge in [-0.2, -0.15) is 0 Å². The molecular weight excluding hydrogens is 306 g/mol. The summed E-state index contributed by atoms with van der Waals surface area (Å²) in [7, 11) is 1.62. The predicted octanol–water partition coefficient (Wildman–Crippen LogP) is 3.30. The highest BCUT2D eigenvalue weighted by Gasteiger charge is 2.03. The molecular formula is C18H21N3O3. The molecule has 6 nitrogen and oxygen atoms in total. The van der Waals surface area contributed by atoms with Crippen molar-refractivity contribution >= 4 is 17.3 Å². The molecule has 2 rings (SSSR count). The van der Waals surface area contributed by atoms with Crippen LogP contribution < -0.4 is 10.1 Å². The van der Waals surface area contributed by atoms with Crippen LogP contribution in [0.1, 0.15) is 30.7 Å². The number of carbonyl (C=O) groups is 1. The number of benzene rings is 1. The fraction of sp³-hybridized carbons (Fsp3) is 0.278. The lowest BCUT2D eigenvalue weighted by atomic mass is 10.1. The van der Waals surface area contributed by atoms with Crippen molar-refractivity contribution in [2.75, 3.05) is 12.4 Å². The summed E-state index contributed by atoms with van der Waals surface area (Å²) in [5.41, 5.74) is 4.12. The van der Waals surface area contributed by atoms with Crippen LogP contribution in [0.25, 0.3) is 0 Å². The minimum Gasteiger partial charge on any atom is -0.496 e. The average Bonchev–Trinajstić information content (AvgIpc) is 2.56. The smallest absolute Gasteiger partial charge is 0.221 e. The van der Waals surface area contributed by atoms with Gasteiger partial charge in [0.1, 0.15) is 5.75 Å². The molecule has 6 heteroatoms. The first kappa shape index (κ1) is 17.5. The standard InChI is InChI=1S/C18H21N3O3/c1-12-10-19-17(9-18(12)23-4)11-24-21-13(2)15-5-7-16(8-6-15)20-14(3)22/h5-10H,11H2,1-4H3,(H,20,22). The number of nitrogens with zero attached hydrogens (tertiary/aromatic N) is 2. The number of rotatable bonds is 6. The number of hydrogen-bond acceptors (Lipinski definition) is 5. The zero-order chi connectivity index (χ0) is 17.5. The molecule has 0 spiro atoms. The normalized spacial score (nSPS) is 11.1.